The average molecular weight is 254 g/mol. The standard InChI is InChI=1S/C13H22N2O3/c1-3-12-10(4-6-17-12)13-11(15-9-18-13)8-14-5-7-16-2/h9-10,12,14H,3-8H2,1-2H3. The van der Waals surface area contributed by atoms with Crippen molar-refractivity contribution in [3.63, 3.8) is 0 Å². The van der Waals surface area contributed by atoms with Crippen LogP contribution >= 0.6 is 0 Å². The van der Waals surface area contributed by atoms with Crippen molar-refractivity contribution in [2.45, 2.75) is 38.3 Å². The van der Waals surface area contributed by atoms with Crippen molar-refractivity contribution in [2.75, 3.05) is 26.9 Å². The number of hydrogen-bond acceptors (Lipinski definition) is 5. The van der Waals surface area contributed by atoms with Crippen LogP contribution in [0, 0.1) is 0 Å². The number of ether oxygens (including phenoxy) is 2. The predicted molar refractivity (Wildman–Crippen MR) is 67.5 cm³/mol. The molecule has 0 aromatic carbocycles. The highest BCUT2D eigenvalue weighted by Gasteiger charge is 2.32. The van der Waals surface area contributed by atoms with Crippen LogP contribution in [0.15, 0.2) is 10.8 Å². The zero-order valence-corrected chi connectivity index (χ0v) is 11.1. The van der Waals surface area contributed by atoms with Crippen LogP contribution in [0.2, 0.25) is 0 Å². The summed E-state index contributed by atoms with van der Waals surface area (Å²) in [4.78, 5) is 4.30. The molecule has 1 aromatic rings. The van der Waals surface area contributed by atoms with E-state index in [9.17, 15) is 0 Å². The first kappa shape index (κ1) is 13.5. The van der Waals surface area contributed by atoms with Gasteiger partial charge in [-0.15, -0.1) is 0 Å². The number of aromatic nitrogens is 1. The van der Waals surface area contributed by atoms with Crippen LogP contribution in [-0.2, 0) is 16.0 Å². The van der Waals surface area contributed by atoms with Gasteiger partial charge in [-0.2, -0.15) is 0 Å². The molecule has 0 saturated carbocycles. The first-order chi connectivity index (χ1) is 8.86. The number of nitrogens with one attached hydrogen (secondary N) is 1. The minimum atomic E-state index is 0.274. The maximum atomic E-state index is 5.71. The maximum absolute atomic E-state index is 5.71. The fraction of sp³-hybridized carbons (Fsp3) is 0.769. The molecule has 5 heteroatoms. The van der Waals surface area contributed by atoms with E-state index in [4.69, 9.17) is 13.9 Å². The molecular weight excluding hydrogens is 232 g/mol. The molecule has 5 nitrogen and oxygen atoms in total. The van der Waals surface area contributed by atoms with E-state index in [0.717, 1.165) is 44.0 Å². The van der Waals surface area contributed by atoms with Crippen molar-refractivity contribution in [2.24, 2.45) is 0 Å². The van der Waals surface area contributed by atoms with Crippen LogP contribution in [0.5, 0.6) is 0 Å². The highest BCUT2D eigenvalue weighted by Crippen LogP contribution is 2.34. The topological polar surface area (TPSA) is 56.5 Å². The molecule has 18 heavy (non-hydrogen) atoms. The summed E-state index contributed by atoms with van der Waals surface area (Å²) in [6, 6.07) is 0. The average Bonchev–Trinajstić information content (AvgIpc) is 3.02. The quantitative estimate of drug-likeness (QED) is 0.750. The lowest BCUT2D eigenvalue weighted by Gasteiger charge is -2.15. The van der Waals surface area contributed by atoms with E-state index < -0.39 is 0 Å². The molecule has 2 atom stereocenters. The second-order valence-corrected chi connectivity index (χ2v) is 4.55. The molecule has 2 unspecified atom stereocenters. The van der Waals surface area contributed by atoms with E-state index >= 15 is 0 Å². The highest BCUT2D eigenvalue weighted by atomic mass is 16.5. The molecular formula is C13H22N2O3. The molecule has 1 aliphatic heterocycles. The SMILES string of the molecule is CCC1OCCC1c1ocnc1CNCCOC. The summed E-state index contributed by atoms with van der Waals surface area (Å²) >= 11 is 0. The minimum Gasteiger partial charge on any atom is -0.448 e. The molecule has 0 aliphatic carbocycles. The Hall–Kier alpha value is -0.910. The van der Waals surface area contributed by atoms with E-state index in [0.29, 0.717) is 12.5 Å². The van der Waals surface area contributed by atoms with Crippen molar-refractivity contribution in [1.29, 1.82) is 0 Å². The molecule has 1 aliphatic rings. The lowest BCUT2D eigenvalue weighted by molar-refractivity contribution is 0.0971. The van der Waals surface area contributed by atoms with Gasteiger partial charge in [-0.05, 0) is 12.8 Å². The molecule has 2 rings (SSSR count). The van der Waals surface area contributed by atoms with Crippen molar-refractivity contribution < 1.29 is 13.9 Å². The monoisotopic (exact) mass is 254 g/mol. The number of nitrogens with zero attached hydrogens (tertiary/aromatic N) is 1. The minimum absolute atomic E-state index is 0.274. The first-order valence-electron chi connectivity index (χ1n) is 6.60. The Morgan fingerprint density at radius 3 is 3.22 bits per heavy atom. The van der Waals surface area contributed by atoms with Gasteiger partial charge in [0.25, 0.3) is 0 Å². The number of hydrogen-bond donors (Lipinski definition) is 1. The van der Waals surface area contributed by atoms with Crippen molar-refractivity contribution in [3.8, 4) is 0 Å². The van der Waals surface area contributed by atoms with E-state index in [1.165, 1.54) is 6.39 Å². The number of rotatable bonds is 7. The normalized spacial score (nSPS) is 23.7. The smallest absolute Gasteiger partial charge is 0.181 e. The van der Waals surface area contributed by atoms with Gasteiger partial charge in [0.05, 0.1) is 18.4 Å². The fourth-order valence-corrected chi connectivity index (χ4v) is 2.44. The molecule has 0 spiro atoms. The number of oxazole rings is 1. The molecule has 0 amide bonds. The van der Waals surface area contributed by atoms with Crippen molar-refractivity contribution >= 4 is 0 Å². The summed E-state index contributed by atoms with van der Waals surface area (Å²) in [5.41, 5.74) is 1.00. The highest BCUT2D eigenvalue weighted by molar-refractivity contribution is 5.15. The van der Waals surface area contributed by atoms with Gasteiger partial charge in [0.2, 0.25) is 0 Å². The molecule has 0 radical (unpaired) electrons. The van der Waals surface area contributed by atoms with Gasteiger partial charge in [-0.1, -0.05) is 6.92 Å². The second kappa shape index (κ2) is 6.87. The Kier molecular flexibility index (Phi) is 5.16. The lowest BCUT2D eigenvalue weighted by atomic mass is 9.95. The van der Waals surface area contributed by atoms with Crippen LogP contribution < -0.4 is 5.32 Å². The maximum Gasteiger partial charge on any atom is 0.181 e. The van der Waals surface area contributed by atoms with Crippen LogP contribution in [0.3, 0.4) is 0 Å². The molecule has 0 bridgehead atoms. The summed E-state index contributed by atoms with van der Waals surface area (Å²) in [6.45, 7) is 5.22. The predicted octanol–water partition coefficient (Wildman–Crippen LogP) is 1.69. The van der Waals surface area contributed by atoms with Crippen LogP contribution in [-0.4, -0.2) is 38.0 Å². The summed E-state index contributed by atoms with van der Waals surface area (Å²) in [7, 11) is 1.70. The molecule has 2 heterocycles. The Morgan fingerprint density at radius 2 is 2.44 bits per heavy atom. The van der Waals surface area contributed by atoms with Gasteiger partial charge < -0.3 is 19.2 Å². The Labute approximate surface area is 108 Å². The van der Waals surface area contributed by atoms with Crippen molar-refractivity contribution in [3.05, 3.63) is 17.8 Å². The largest absolute Gasteiger partial charge is 0.448 e. The van der Waals surface area contributed by atoms with E-state index in [2.05, 4.69) is 17.2 Å². The van der Waals surface area contributed by atoms with E-state index in [-0.39, 0.29) is 6.10 Å². The molecule has 1 aromatic heterocycles. The summed E-state index contributed by atoms with van der Waals surface area (Å²) < 4.78 is 16.3. The van der Waals surface area contributed by atoms with Crippen molar-refractivity contribution in [1.82, 2.24) is 10.3 Å². The van der Waals surface area contributed by atoms with Crippen LogP contribution in [0.25, 0.3) is 0 Å². The second-order valence-electron chi connectivity index (χ2n) is 4.55. The lowest BCUT2D eigenvalue weighted by Crippen LogP contribution is -2.21. The Bertz CT molecular complexity index is 354. The van der Waals surface area contributed by atoms with Gasteiger partial charge in [0, 0.05) is 32.7 Å². The Balaban J connectivity index is 1.94. The third-order valence-corrected chi connectivity index (χ3v) is 3.40. The molecule has 102 valence electrons. The van der Waals surface area contributed by atoms with E-state index in [1.54, 1.807) is 7.11 Å². The Morgan fingerprint density at radius 1 is 1.56 bits per heavy atom. The summed E-state index contributed by atoms with van der Waals surface area (Å²) in [5.74, 6) is 1.35. The zero-order valence-electron chi connectivity index (χ0n) is 11.1. The summed E-state index contributed by atoms with van der Waals surface area (Å²) in [6.07, 6.45) is 3.85. The van der Waals surface area contributed by atoms with Gasteiger partial charge in [-0.25, -0.2) is 4.98 Å². The van der Waals surface area contributed by atoms with Crippen LogP contribution in [0.1, 0.15) is 37.1 Å². The number of methoxy groups -OCH3 is 1. The summed E-state index contributed by atoms with van der Waals surface area (Å²) in [5, 5.41) is 3.30. The third kappa shape index (κ3) is 3.10. The van der Waals surface area contributed by atoms with Gasteiger partial charge in [-0.3, -0.25) is 0 Å². The molecule has 1 N–H and O–H groups in total. The molecule has 1 fully saturated rings. The fourth-order valence-electron chi connectivity index (χ4n) is 2.44. The molecule has 1 saturated heterocycles. The van der Waals surface area contributed by atoms with Gasteiger partial charge in [0.1, 0.15) is 5.76 Å². The van der Waals surface area contributed by atoms with Gasteiger partial charge >= 0.3 is 0 Å². The van der Waals surface area contributed by atoms with E-state index in [1.807, 2.05) is 0 Å². The van der Waals surface area contributed by atoms with Crippen LogP contribution in [0.4, 0.5) is 0 Å². The third-order valence-electron chi connectivity index (χ3n) is 3.40. The van der Waals surface area contributed by atoms with Gasteiger partial charge in [0.15, 0.2) is 6.39 Å². The first-order valence-corrected chi connectivity index (χ1v) is 6.60. The zero-order chi connectivity index (χ0) is 12.8.